The van der Waals surface area contributed by atoms with Gasteiger partial charge in [0.15, 0.2) is 0 Å². The Morgan fingerprint density at radius 1 is 1.17 bits per heavy atom. The number of amides is 1. The van der Waals surface area contributed by atoms with Crippen LogP contribution in [0.2, 0.25) is 0 Å². The average molecular weight is 342 g/mol. The highest BCUT2D eigenvalue weighted by atomic mass is 32.2. The zero-order valence-electron chi connectivity index (χ0n) is 14.6. The fraction of sp³-hybridized carbons (Fsp3) is 0.562. The molecule has 1 unspecified atom stereocenters. The second kappa shape index (κ2) is 8.31. The minimum absolute atomic E-state index is 0.328. The second-order valence-corrected chi connectivity index (χ2v) is 7.42. The average Bonchev–Trinajstić information content (AvgIpc) is 2.40. The number of nitrogens with one attached hydrogen (secondary N) is 2. The molecule has 6 nitrogen and oxygen atoms in total. The van der Waals surface area contributed by atoms with Crippen molar-refractivity contribution in [3.63, 3.8) is 0 Å². The first-order valence-electron chi connectivity index (χ1n) is 7.41. The van der Waals surface area contributed by atoms with Crippen molar-refractivity contribution in [2.45, 2.75) is 45.1 Å². The quantitative estimate of drug-likeness (QED) is 0.779. The Morgan fingerprint density at radius 3 is 2.22 bits per heavy atom. The molecule has 1 aromatic rings. The lowest BCUT2D eigenvalue weighted by atomic mass is 10.1. The molecule has 1 amide bonds. The minimum Gasteiger partial charge on any atom is -0.497 e. The Bertz CT molecular complexity index is 559. The molecule has 2 N–H and O–H groups in total. The van der Waals surface area contributed by atoms with Gasteiger partial charge in [-0.25, -0.2) is 13.7 Å². The van der Waals surface area contributed by atoms with E-state index in [1.165, 1.54) is 0 Å². The molecule has 1 aromatic carbocycles. The Hall–Kier alpha value is -1.60. The van der Waals surface area contributed by atoms with E-state index in [0.717, 1.165) is 21.8 Å². The summed E-state index contributed by atoms with van der Waals surface area (Å²) in [7, 11) is 0.254. The Morgan fingerprint density at radius 2 is 1.74 bits per heavy atom. The van der Waals surface area contributed by atoms with Crippen molar-refractivity contribution in [2.75, 3.05) is 20.2 Å². The third kappa shape index (κ3) is 6.58. The van der Waals surface area contributed by atoms with Crippen LogP contribution in [-0.4, -0.2) is 36.1 Å². The van der Waals surface area contributed by atoms with Gasteiger partial charge in [-0.05, 0) is 57.9 Å². The van der Waals surface area contributed by atoms with Crippen LogP contribution in [0.15, 0.2) is 17.0 Å². The van der Waals surface area contributed by atoms with E-state index in [-0.39, 0.29) is 0 Å². The van der Waals surface area contributed by atoms with Crippen LogP contribution < -0.4 is 14.8 Å². The number of alkyl carbamates (subject to hydrolysis) is 1. The summed E-state index contributed by atoms with van der Waals surface area (Å²) in [4.78, 5) is 12.2. The standard InChI is InChI=1S/C16H26N2O4S/c1-11-9-13(21-6)10-12(2)14(11)23(20)18-8-7-17-15(19)22-16(3,4)5/h9-10,18H,7-8H2,1-6H3,(H,17,19). The molecular weight excluding hydrogens is 316 g/mol. The summed E-state index contributed by atoms with van der Waals surface area (Å²) in [6.45, 7) is 9.89. The second-order valence-electron chi connectivity index (χ2n) is 6.18. The van der Waals surface area contributed by atoms with Crippen molar-refractivity contribution in [3.8, 4) is 5.75 Å². The molecule has 0 aliphatic carbocycles. The summed E-state index contributed by atoms with van der Waals surface area (Å²) in [6, 6.07) is 3.70. The van der Waals surface area contributed by atoms with Gasteiger partial charge in [-0.1, -0.05) is 0 Å². The number of hydrogen-bond donors (Lipinski definition) is 2. The fourth-order valence-corrected chi connectivity index (χ4v) is 3.15. The topological polar surface area (TPSA) is 76.7 Å². The SMILES string of the molecule is COc1cc(C)c(S(=O)NCCNC(=O)OC(C)(C)C)c(C)c1. The molecule has 1 rings (SSSR count). The van der Waals surface area contributed by atoms with Crippen molar-refractivity contribution in [1.29, 1.82) is 0 Å². The summed E-state index contributed by atoms with van der Waals surface area (Å²) < 4.78 is 25.6. The highest BCUT2D eigenvalue weighted by Gasteiger charge is 2.16. The van der Waals surface area contributed by atoms with Crippen LogP contribution >= 0.6 is 0 Å². The Balaban J connectivity index is 2.51. The van der Waals surface area contributed by atoms with Crippen molar-refractivity contribution < 1.29 is 18.5 Å². The fourth-order valence-electron chi connectivity index (χ4n) is 2.02. The van der Waals surface area contributed by atoms with Gasteiger partial charge in [-0.15, -0.1) is 0 Å². The maximum Gasteiger partial charge on any atom is 0.407 e. The van der Waals surface area contributed by atoms with E-state index in [4.69, 9.17) is 9.47 Å². The maximum atomic E-state index is 12.4. The number of aryl methyl sites for hydroxylation is 2. The normalized spacial score (nSPS) is 12.6. The van der Waals surface area contributed by atoms with Gasteiger partial charge in [0.25, 0.3) is 0 Å². The lowest BCUT2D eigenvalue weighted by Crippen LogP contribution is -2.36. The number of benzene rings is 1. The third-order valence-corrected chi connectivity index (χ3v) is 4.36. The van der Waals surface area contributed by atoms with Crippen LogP contribution in [0.4, 0.5) is 4.79 Å². The summed E-state index contributed by atoms with van der Waals surface area (Å²) in [6.07, 6.45) is -0.484. The zero-order valence-corrected chi connectivity index (χ0v) is 15.4. The molecular formula is C16H26N2O4S. The number of ether oxygens (including phenoxy) is 2. The summed E-state index contributed by atoms with van der Waals surface area (Å²) in [5.74, 6) is 0.743. The lowest BCUT2D eigenvalue weighted by Gasteiger charge is -2.19. The van der Waals surface area contributed by atoms with Crippen molar-refractivity contribution in [2.24, 2.45) is 0 Å². The van der Waals surface area contributed by atoms with Crippen LogP contribution in [0.5, 0.6) is 5.75 Å². The summed E-state index contributed by atoms with van der Waals surface area (Å²) >= 11 is 0. The smallest absolute Gasteiger partial charge is 0.407 e. The molecule has 0 spiro atoms. The highest BCUT2D eigenvalue weighted by Crippen LogP contribution is 2.23. The van der Waals surface area contributed by atoms with Gasteiger partial charge >= 0.3 is 6.09 Å². The van der Waals surface area contributed by atoms with Gasteiger partial charge < -0.3 is 14.8 Å². The number of rotatable bonds is 6. The molecule has 1 atom stereocenters. The molecule has 0 aromatic heterocycles. The van der Waals surface area contributed by atoms with E-state index in [9.17, 15) is 9.00 Å². The van der Waals surface area contributed by atoms with E-state index in [1.54, 1.807) is 27.9 Å². The van der Waals surface area contributed by atoms with E-state index in [1.807, 2.05) is 26.0 Å². The van der Waals surface area contributed by atoms with E-state index in [0.29, 0.717) is 13.1 Å². The first kappa shape index (κ1) is 19.4. The molecule has 0 aliphatic heterocycles. The number of hydrogen-bond acceptors (Lipinski definition) is 4. The van der Waals surface area contributed by atoms with Gasteiger partial charge in [0, 0.05) is 13.1 Å². The number of carbonyl (C=O) groups excluding carboxylic acids is 1. The minimum atomic E-state index is -1.35. The Kier molecular flexibility index (Phi) is 7.02. The Labute approximate surface area is 140 Å². The molecule has 0 fully saturated rings. The van der Waals surface area contributed by atoms with Crippen molar-refractivity contribution >= 4 is 17.1 Å². The highest BCUT2D eigenvalue weighted by molar-refractivity contribution is 7.83. The molecule has 0 bridgehead atoms. The molecule has 0 radical (unpaired) electrons. The van der Waals surface area contributed by atoms with E-state index >= 15 is 0 Å². The third-order valence-electron chi connectivity index (χ3n) is 2.88. The van der Waals surface area contributed by atoms with E-state index < -0.39 is 22.7 Å². The molecule has 7 heteroatoms. The zero-order chi connectivity index (χ0) is 17.6. The van der Waals surface area contributed by atoms with Crippen molar-refractivity contribution in [1.82, 2.24) is 10.0 Å². The monoisotopic (exact) mass is 342 g/mol. The first-order valence-corrected chi connectivity index (χ1v) is 8.56. The van der Waals surface area contributed by atoms with Crippen LogP contribution in [0.1, 0.15) is 31.9 Å². The van der Waals surface area contributed by atoms with Gasteiger partial charge in [0.2, 0.25) is 0 Å². The van der Waals surface area contributed by atoms with Gasteiger partial charge in [0.1, 0.15) is 22.3 Å². The molecule has 0 aliphatic rings. The molecule has 0 saturated heterocycles. The predicted octanol–water partition coefficient (Wildman–Crippen LogP) is 2.45. The van der Waals surface area contributed by atoms with Crippen molar-refractivity contribution in [3.05, 3.63) is 23.3 Å². The molecule has 23 heavy (non-hydrogen) atoms. The van der Waals surface area contributed by atoms with Crippen LogP contribution in [0.25, 0.3) is 0 Å². The van der Waals surface area contributed by atoms with Crippen LogP contribution in [-0.2, 0) is 15.7 Å². The largest absolute Gasteiger partial charge is 0.497 e. The van der Waals surface area contributed by atoms with Gasteiger partial charge in [-0.3, -0.25) is 0 Å². The summed E-state index contributed by atoms with van der Waals surface area (Å²) in [5.41, 5.74) is 1.26. The van der Waals surface area contributed by atoms with Crippen LogP contribution in [0, 0.1) is 13.8 Å². The molecule has 0 saturated carbocycles. The number of carbonyl (C=O) groups is 1. The lowest BCUT2D eigenvalue weighted by molar-refractivity contribution is 0.0529. The summed E-state index contributed by atoms with van der Waals surface area (Å²) in [5, 5.41) is 2.62. The molecule has 0 heterocycles. The van der Waals surface area contributed by atoms with Gasteiger partial charge in [0.05, 0.1) is 12.0 Å². The number of methoxy groups -OCH3 is 1. The van der Waals surface area contributed by atoms with Crippen LogP contribution in [0.3, 0.4) is 0 Å². The maximum absolute atomic E-state index is 12.4. The molecule has 130 valence electrons. The predicted molar refractivity (Wildman–Crippen MR) is 91.1 cm³/mol. The van der Waals surface area contributed by atoms with E-state index in [2.05, 4.69) is 10.0 Å². The first-order chi connectivity index (χ1) is 10.6. The van der Waals surface area contributed by atoms with Gasteiger partial charge in [-0.2, -0.15) is 0 Å².